The maximum Gasteiger partial charge on any atom is 0.309 e. The van der Waals surface area contributed by atoms with Gasteiger partial charge in [0.05, 0.1) is 26.4 Å². The molecule has 0 aliphatic carbocycles. The molecule has 0 aliphatic heterocycles. The van der Waals surface area contributed by atoms with Crippen molar-refractivity contribution >= 4 is 27.1 Å². The van der Waals surface area contributed by atoms with Crippen LogP contribution in [0.15, 0.2) is 28.7 Å². The Morgan fingerprint density at radius 2 is 2.05 bits per heavy atom. The van der Waals surface area contributed by atoms with Gasteiger partial charge in [0, 0.05) is 11.8 Å². The Labute approximate surface area is 122 Å². The molecular formula is C14H16O6S. The van der Waals surface area contributed by atoms with E-state index in [0.29, 0.717) is 17.8 Å². The van der Waals surface area contributed by atoms with Crippen molar-refractivity contribution < 1.29 is 26.5 Å². The van der Waals surface area contributed by atoms with E-state index < -0.39 is 10.1 Å². The number of carbonyl (C=O) groups excluding carboxylic acids is 1. The van der Waals surface area contributed by atoms with E-state index in [9.17, 15) is 13.2 Å². The average Bonchev–Trinajstić information content (AvgIpc) is 2.79. The van der Waals surface area contributed by atoms with Crippen molar-refractivity contribution in [2.45, 2.75) is 12.8 Å². The molecule has 0 radical (unpaired) electrons. The number of hydrogen-bond donors (Lipinski definition) is 0. The van der Waals surface area contributed by atoms with Crippen LogP contribution in [0.25, 0.3) is 11.0 Å². The first-order chi connectivity index (χ1) is 9.87. The van der Waals surface area contributed by atoms with Crippen LogP contribution in [-0.2, 0) is 36.7 Å². The Kier molecular flexibility index (Phi) is 4.64. The van der Waals surface area contributed by atoms with Gasteiger partial charge in [-0.1, -0.05) is 12.1 Å². The molecule has 0 saturated heterocycles. The zero-order valence-electron chi connectivity index (χ0n) is 11.8. The van der Waals surface area contributed by atoms with Crippen molar-refractivity contribution in [2.75, 3.05) is 20.0 Å². The van der Waals surface area contributed by atoms with Crippen LogP contribution >= 0.6 is 0 Å². The number of esters is 1. The zero-order valence-corrected chi connectivity index (χ0v) is 12.6. The van der Waals surface area contributed by atoms with Crippen molar-refractivity contribution in [1.82, 2.24) is 0 Å². The zero-order chi connectivity index (χ0) is 15.5. The largest absolute Gasteiger partial charge is 0.469 e. The minimum atomic E-state index is -3.44. The van der Waals surface area contributed by atoms with E-state index in [0.717, 1.165) is 17.2 Å². The van der Waals surface area contributed by atoms with E-state index in [1.807, 2.05) is 18.2 Å². The lowest BCUT2D eigenvalue weighted by molar-refractivity contribution is -0.139. The van der Waals surface area contributed by atoms with Gasteiger partial charge in [-0.2, -0.15) is 8.42 Å². The quantitative estimate of drug-likeness (QED) is 0.596. The highest BCUT2D eigenvalue weighted by Crippen LogP contribution is 2.21. The van der Waals surface area contributed by atoms with Crippen molar-refractivity contribution in [3.05, 3.63) is 35.6 Å². The summed E-state index contributed by atoms with van der Waals surface area (Å²) >= 11 is 0. The topological polar surface area (TPSA) is 82.8 Å². The molecule has 1 heterocycles. The molecule has 6 nitrogen and oxygen atoms in total. The molecule has 0 spiro atoms. The van der Waals surface area contributed by atoms with Crippen LogP contribution in [0.5, 0.6) is 0 Å². The summed E-state index contributed by atoms with van der Waals surface area (Å²) in [5.41, 5.74) is 1.44. The van der Waals surface area contributed by atoms with Gasteiger partial charge in [0.15, 0.2) is 0 Å². The highest BCUT2D eigenvalue weighted by molar-refractivity contribution is 7.85. The number of rotatable bonds is 6. The van der Waals surface area contributed by atoms with Crippen LogP contribution in [0.4, 0.5) is 0 Å². The van der Waals surface area contributed by atoms with E-state index in [1.165, 1.54) is 7.11 Å². The molecule has 0 bridgehead atoms. The van der Waals surface area contributed by atoms with E-state index in [1.54, 1.807) is 6.07 Å². The van der Waals surface area contributed by atoms with E-state index in [2.05, 4.69) is 8.92 Å². The van der Waals surface area contributed by atoms with Gasteiger partial charge in [-0.3, -0.25) is 8.98 Å². The second-order valence-corrected chi connectivity index (χ2v) is 6.26. The molecule has 2 rings (SSSR count). The summed E-state index contributed by atoms with van der Waals surface area (Å²) < 4.78 is 36.6. The third kappa shape index (κ3) is 4.57. The van der Waals surface area contributed by atoms with Crippen LogP contribution in [0.2, 0.25) is 0 Å². The van der Waals surface area contributed by atoms with Crippen LogP contribution < -0.4 is 0 Å². The predicted octanol–water partition coefficient (Wildman–Crippen LogP) is 1.67. The second kappa shape index (κ2) is 6.28. The summed E-state index contributed by atoms with van der Waals surface area (Å²) in [7, 11) is -2.10. The molecular weight excluding hydrogens is 296 g/mol. The van der Waals surface area contributed by atoms with Gasteiger partial charge < -0.3 is 9.15 Å². The minimum Gasteiger partial charge on any atom is -0.469 e. The average molecular weight is 312 g/mol. The molecule has 2 aromatic rings. The molecule has 1 aromatic heterocycles. The normalized spacial score (nSPS) is 11.7. The second-order valence-electron chi connectivity index (χ2n) is 4.61. The maximum absolute atomic E-state index is 11.2. The summed E-state index contributed by atoms with van der Waals surface area (Å²) in [4.78, 5) is 11.2. The fraction of sp³-hybridized carbons (Fsp3) is 0.357. The summed E-state index contributed by atoms with van der Waals surface area (Å²) in [5, 5.41) is 0.887. The number of hydrogen-bond acceptors (Lipinski definition) is 6. The van der Waals surface area contributed by atoms with Gasteiger partial charge in [0.1, 0.15) is 11.3 Å². The van der Waals surface area contributed by atoms with E-state index in [4.69, 9.17) is 4.42 Å². The summed E-state index contributed by atoms with van der Waals surface area (Å²) in [6.07, 6.45) is 1.54. The van der Waals surface area contributed by atoms with Crippen LogP contribution in [-0.4, -0.2) is 34.4 Å². The van der Waals surface area contributed by atoms with E-state index >= 15 is 0 Å². The fourth-order valence-electron chi connectivity index (χ4n) is 1.90. The maximum atomic E-state index is 11.2. The molecule has 21 heavy (non-hydrogen) atoms. The van der Waals surface area contributed by atoms with Gasteiger partial charge >= 0.3 is 5.97 Å². The Hall–Kier alpha value is -1.86. The Morgan fingerprint density at radius 1 is 1.29 bits per heavy atom. The van der Waals surface area contributed by atoms with Gasteiger partial charge in [-0.25, -0.2) is 0 Å². The first-order valence-corrected chi connectivity index (χ1v) is 8.11. The summed E-state index contributed by atoms with van der Waals surface area (Å²) in [6, 6.07) is 7.26. The minimum absolute atomic E-state index is 0.0354. The molecule has 0 amide bonds. The highest BCUT2D eigenvalue weighted by atomic mass is 32.2. The lowest BCUT2D eigenvalue weighted by atomic mass is 10.1. The first-order valence-electron chi connectivity index (χ1n) is 6.30. The Morgan fingerprint density at radius 3 is 2.71 bits per heavy atom. The summed E-state index contributed by atoms with van der Waals surface area (Å²) in [5.74, 6) is 0.312. The number of benzene rings is 1. The molecule has 0 fully saturated rings. The smallest absolute Gasteiger partial charge is 0.309 e. The third-order valence-electron chi connectivity index (χ3n) is 2.86. The summed E-state index contributed by atoms with van der Waals surface area (Å²) in [6.45, 7) is 0.0354. The Bertz CT molecular complexity index is 744. The predicted molar refractivity (Wildman–Crippen MR) is 76.4 cm³/mol. The molecule has 0 unspecified atom stereocenters. The van der Waals surface area contributed by atoms with Crippen LogP contribution in [0.3, 0.4) is 0 Å². The number of carbonyl (C=O) groups is 1. The van der Waals surface area contributed by atoms with E-state index in [-0.39, 0.29) is 19.0 Å². The number of ether oxygens (including phenoxy) is 1. The van der Waals surface area contributed by atoms with Gasteiger partial charge in [-0.15, -0.1) is 0 Å². The van der Waals surface area contributed by atoms with Crippen molar-refractivity contribution in [3.63, 3.8) is 0 Å². The monoisotopic (exact) mass is 312 g/mol. The van der Waals surface area contributed by atoms with Crippen molar-refractivity contribution in [3.8, 4) is 0 Å². The molecule has 0 atom stereocenters. The molecule has 0 N–H and O–H groups in total. The van der Waals surface area contributed by atoms with Crippen LogP contribution in [0.1, 0.15) is 11.3 Å². The van der Waals surface area contributed by atoms with Crippen LogP contribution in [0, 0.1) is 0 Å². The van der Waals surface area contributed by atoms with Crippen molar-refractivity contribution in [2.24, 2.45) is 0 Å². The number of fused-ring (bicyclic) bond motifs is 1. The SMILES string of the molecule is COC(=O)Cc1ccc2cc(CCOS(C)(=O)=O)oc2c1. The molecule has 0 aliphatic rings. The lowest BCUT2D eigenvalue weighted by Crippen LogP contribution is -2.05. The number of furan rings is 1. The first kappa shape index (κ1) is 15.5. The molecule has 1 aromatic carbocycles. The highest BCUT2D eigenvalue weighted by Gasteiger charge is 2.09. The number of methoxy groups -OCH3 is 1. The van der Waals surface area contributed by atoms with Gasteiger partial charge in [0.25, 0.3) is 10.1 Å². The lowest BCUT2D eigenvalue weighted by Gasteiger charge is -1.99. The molecule has 7 heteroatoms. The standard InChI is InChI=1S/C14H16O6S/c1-18-14(15)8-10-3-4-11-9-12(20-13(11)7-10)5-6-19-21(2,16)17/h3-4,7,9H,5-6,8H2,1-2H3. The fourth-order valence-corrected chi connectivity index (χ4v) is 2.28. The molecule has 114 valence electrons. The van der Waals surface area contributed by atoms with Gasteiger partial charge in [-0.05, 0) is 17.7 Å². The third-order valence-corrected chi connectivity index (χ3v) is 3.45. The van der Waals surface area contributed by atoms with Crippen molar-refractivity contribution in [1.29, 1.82) is 0 Å². The van der Waals surface area contributed by atoms with Gasteiger partial charge in [0.2, 0.25) is 0 Å². The Balaban J connectivity index is 2.09. The molecule has 0 saturated carbocycles.